The molecule has 1 aliphatic carbocycles. The van der Waals surface area contributed by atoms with Crippen LogP contribution in [0.15, 0.2) is 0 Å². The first-order valence-electron chi connectivity index (χ1n) is 9.01. The summed E-state index contributed by atoms with van der Waals surface area (Å²) < 4.78 is 0. The third-order valence-electron chi connectivity index (χ3n) is 4.72. The summed E-state index contributed by atoms with van der Waals surface area (Å²) in [6.07, 6.45) is 19.9. The van der Waals surface area contributed by atoms with Crippen molar-refractivity contribution < 1.29 is 5.11 Å². The van der Waals surface area contributed by atoms with E-state index >= 15 is 0 Å². The van der Waals surface area contributed by atoms with E-state index in [1.807, 2.05) is 0 Å². The van der Waals surface area contributed by atoms with Gasteiger partial charge >= 0.3 is 0 Å². The molecular weight excluding hydrogens is 232 g/mol. The predicted octanol–water partition coefficient (Wildman–Crippen LogP) is 5.85. The van der Waals surface area contributed by atoms with E-state index in [2.05, 4.69) is 6.92 Å². The first-order valence-corrected chi connectivity index (χ1v) is 9.01. The van der Waals surface area contributed by atoms with Crippen LogP contribution in [0.1, 0.15) is 103 Å². The molecule has 0 heterocycles. The average Bonchev–Trinajstić information content (AvgIpc) is 2.66. The van der Waals surface area contributed by atoms with Crippen molar-refractivity contribution in [2.45, 2.75) is 109 Å². The summed E-state index contributed by atoms with van der Waals surface area (Å²) in [5.41, 5.74) is 0. The van der Waals surface area contributed by atoms with Crippen LogP contribution in [0.2, 0.25) is 0 Å². The quantitative estimate of drug-likeness (QED) is 0.389. The Morgan fingerprint density at radius 1 is 0.842 bits per heavy atom. The Labute approximate surface area is 121 Å². The highest BCUT2D eigenvalue weighted by molar-refractivity contribution is 4.69. The van der Waals surface area contributed by atoms with Crippen LogP contribution in [-0.2, 0) is 0 Å². The van der Waals surface area contributed by atoms with E-state index in [0.29, 0.717) is 0 Å². The molecule has 114 valence electrons. The zero-order chi connectivity index (χ0) is 13.8. The SMILES string of the molecule is CCCCCCCCCC(O)CC1CCCCCC1. The van der Waals surface area contributed by atoms with E-state index in [1.165, 1.54) is 83.5 Å². The highest BCUT2D eigenvalue weighted by Crippen LogP contribution is 2.27. The van der Waals surface area contributed by atoms with Crippen molar-refractivity contribution >= 4 is 0 Å². The average molecular weight is 268 g/mol. The van der Waals surface area contributed by atoms with Crippen molar-refractivity contribution in [3.63, 3.8) is 0 Å². The molecule has 1 fully saturated rings. The van der Waals surface area contributed by atoms with Gasteiger partial charge in [0.1, 0.15) is 0 Å². The van der Waals surface area contributed by atoms with Gasteiger partial charge in [-0.2, -0.15) is 0 Å². The Kier molecular flexibility index (Phi) is 10.5. The number of unbranched alkanes of at least 4 members (excludes halogenated alkanes) is 6. The standard InChI is InChI=1S/C18H36O/c1-2-3-4-5-6-7-12-15-18(19)16-17-13-10-8-9-11-14-17/h17-19H,2-16H2,1H3. The van der Waals surface area contributed by atoms with Crippen LogP contribution in [0, 0.1) is 5.92 Å². The highest BCUT2D eigenvalue weighted by atomic mass is 16.3. The summed E-state index contributed by atoms with van der Waals surface area (Å²) in [6.45, 7) is 2.27. The van der Waals surface area contributed by atoms with Gasteiger partial charge in [0.05, 0.1) is 6.10 Å². The van der Waals surface area contributed by atoms with Gasteiger partial charge in [0.15, 0.2) is 0 Å². The monoisotopic (exact) mass is 268 g/mol. The maximum absolute atomic E-state index is 10.1. The van der Waals surface area contributed by atoms with E-state index in [9.17, 15) is 5.11 Å². The molecule has 1 heteroatoms. The molecule has 1 nitrogen and oxygen atoms in total. The third kappa shape index (κ3) is 9.49. The first-order chi connectivity index (χ1) is 9.33. The van der Waals surface area contributed by atoms with E-state index in [-0.39, 0.29) is 6.10 Å². The second-order valence-corrected chi connectivity index (χ2v) is 6.66. The van der Waals surface area contributed by atoms with Gasteiger partial charge < -0.3 is 5.11 Å². The topological polar surface area (TPSA) is 20.2 Å². The molecule has 0 aromatic rings. The van der Waals surface area contributed by atoms with Crippen molar-refractivity contribution in [1.29, 1.82) is 0 Å². The minimum Gasteiger partial charge on any atom is -0.393 e. The second-order valence-electron chi connectivity index (χ2n) is 6.66. The fraction of sp³-hybridized carbons (Fsp3) is 1.00. The molecular formula is C18H36O. The van der Waals surface area contributed by atoms with Crippen molar-refractivity contribution in [2.75, 3.05) is 0 Å². The molecule has 1 rings (SSSR count). The Balaban J connectivity index is 1.93. The first kappa shape index (κ1) is 17.0. The van der Waals surface area contributed by atoms with E-state index < -0.39 is 0 Å². The maximum Gasteiger partial charge on any atom is 0.0542 e. The molecule has 1 unspecified atom stereocenters. The number of aliphatic hydroxyl groups is 1. The lowest BCUT2D eigenvalue weighted by Crippen LogP contribution is -2.13. The molecule has 0 aliphatic heterocycles. The second kappa shape index (κ2) is 11.8. The lowest BCUT2D eigenvalue weighted by molar-refractivity contribution is 0.125. The molecule has 1 N–H and O–H groups in total. The molecule has 19 heavy (non-hydrogen) atoms. The third-order valence-corrected chi connectivity index (χ3v) is 4.72. The van der Waals surface area contributed by atoms with Crippen LogP contribution in [-0.4, -0.2) is 11.2 Å². The van der Waals surface area contributed by atoms with Gasteiger partial charge in [-0.3, -0.25) is 0 Å². The Hall–Kier alpha value is -0.0400. The number of aliphatic hydroxyl groups excluding tert-OH is 1. The van der Waals surface area contributed by atoms with Crippen molar-refractivity contribution in [3.05, 3.63) is 0 Å². The van der Waals surface area contributed by atoms with Crippen molar-refractivity contribution in [1.82, 2.24) is 0 Å². The van der Waals surface area contributed by atoms with Crippen molar-refractivity contribution in [2.24, 2.45) is 5.92 Å². The fourth-order valence-corrected chi connectivity index (χ4v) is 3.44. The molecule has 0 spiro atoms. The summed E-state index contributed by atoms with van der Waals surface area (Å²) >= 11 is 0. The minimum atomic E-state index is -0.0151. The van der Waals surface area contributed by atoms with Gasteiger partial charge in [0.2, 0.25) is 0 Å². The van der Waals surface area contributed by atoms with Crippen LogP contribution in [0.4, 0.5) is 0 Å². The smallest absolute Gasteiger partial charge is 0.0542 e. The molecule has 1 saturated carbocycles. The molecule has 0 bridgehead atoms. The normalized spacial score (nSPS) is 19.3. The van der Waals surface area contributed by atoms with Crippen LogP contribution < -0.4 is 0 Å². The van der Waals surface area contributed by atoms with Gasteiger partial charge in [-0.05, 0) is 18.8 Å². The Morgan fingerprint density at radius 2 is 1.42 bits per heavy atom. The predicted molar refractivity (Wildman–Crippen MR) is 84.4 cm³/mol. The zero-order valence-electron chi connectivity index (χ0n) is 13.2. The molecule has 1 atom stereocenters. The maximum atomic E-state index is 10.1. The van der Waals surface area contributed by atoms with Crippen LogP contribution >= 0.6 is 0 Å². The van der Waals surface area contributed by atoms with Gasteiger partial charge in [0.25, 0.3) is 0 Å². The van der Waals surface area contributed by atoms with E-state index in [0.717, 1.165) is 18.8 Å². The minimum absolute atomic E-state index is 0.0151. The molecule has 0 saturated heterocycles. The van der Waals surface area contributed by atoms with Crippen LogP contribution in [0.3, 0.4) is 0 Å². The number of hydrogen-bond acceptors (Lipinski definition) is 1. The molecule has 0 aromatic carbocycles. The summed E-state index contributed by atoms with van der Waals surface area (Å²) in [5.74, 6) is 0.821. The summed E-state index contributed by atoms with van der Waals surface area (Å²) in [5, 5.41) is 10.1. The Morgan fingerprint density at radius 3 is 2.05 bits per heavy atom. The highest BCUT2D eigenvalue weighted by Gasteiger charge is 2.16. The van der Waals surface area contributed by atoms with Gasteiger partial charge in [-0.25, -0.2) is 0 Å². The number of rotatable bonds is 10. The largest absolute Gasteiger partial charge is 0.393 e. The molecule has 1 aliphatic rings. The number of hydrogen-bond donors (Lipinski definition) is 1. The van der Waals surface area contributed by atoms with Crippen molar-refractivity contribution in [3.8, 4) is 0 Å². The molecule has 0 amide bonds. The zero-order valence-corrected chi connectivity index (χ0v) is 13.2. The Bertz CT molecular complexity index is 182. The van der Waals surface area contributed by atoms with Gasteiger partial charge in [-0.1, -0.05) is 90.4 Å². The van der Waals surface area contributed by atoms with Crippen LogP contribution in [0.5, 0.6) is 0 Å². The summed E-state index contributed by atoms with van der Waals surface area (Å²) in [4.78, 5) is 0. The van der Waals surface area contributed by atoms with Gasteiger partial charge in [-0.15, -0.1) is 0 Å². The fourth-order valence-electron chi connectivity index (χ4n) is 3.44. The lowest BCUT2D eigenvalue weighted by Gasteiger charge is -2.18. The molecule has 0 radical (unpaired) electrons. The lowest BCUT2D eigenvalue weighted by atomic mass is 9.92. The van der Waals surface area contributed by atoms with E-state index in [4.69, 9.17) is 0 Å². The summed E-state index contributed by atoms with van der Waals surface area (Å²) in [6, 6.07) is 0. The van der Waals surface area contributed by atoms with Gasteiger partial charge in [0, 0.05) is 0 Å². The van der Waals surface area contributed by atoms with Crippen LogP contribution in [0.25, 0.3) is 0 Å². The molecule has 0 aromatic heterocycles. The van der Waals surface area contributed by atoms with E-state index in [1.54, 1.807) is 0 Å². The summed E-state index contributed by atoms with van der Waals surface area (Å²) in [7, 11) is 0.